The molecule has 11 heteroatoms. The van der Waals surface area contributed by atoms with Crippen molar-refractivity contribution in [3.05, 3.63) is 65.1 Å². The van der Waals surface area contributed by atoms with Crippen molar-refractivity contribution in [2.45, 2.75) is 4.90 Å². The van der Waals surface area contributed by atoms with E-state index in [2.05, 4.69) is 7.65 Å². The van der Waals surface area contributed by atoms with E-state index in [4.69, 9.17) is 11.6 Å². The highest BCUT2D eigenvalue weighted by molar-refractivity contribution is 14.1. The monoisotopic (exact) mass is 545 g/mol. The molecule has 3 aromatic rings. The van der Waals surface area contributed by atoms with Gasteiger partial charge in [0.2, 0.25) is 0 Å². The summed E-state index contributed by atoms with van der Waals surface area (Å²) in [5, 5.41) is 13.6. The van der Waals surface area contributed by atoms with Crippen LogP contribution < -0.4 is 0 Å². The van der Waals surface area contributed by atoms with E-state index in [0.29, 0.717) is 16.9 Å². The molecule has 150 valence electrons. The third-order valence-electron chi connectivity index (χ3n) is 3.70. The number of hydrogen-bond donors (Lipinski definition) is 0. The molecule has 0 aliphatic rings. The molecule has 0 bridgehead atoms. The van der Waals surface area contributed by atoms with Crippen LogP contribution in [0.4, 0.5) is 4.39 Å². The van der Waals surface area contributed by atoms with Gasteiger partial charge in [0.05, 0.1) is 16.3 Å². The van der Waals surface area contributed by atoms with Gasteiger partial charge < -0.3 is 0 Å². The summed E-state index contributed by atoms with van der Waals surface area (Å²) in [4.78, 5) is 0.0601. The summed E-state index contributed by atoms with van der Waals surface area (Å²) in [5.41, 5.74) is 1.47. The molecule has 2 aromatic carbocycles. The van der Waals surface area contributed by atoms with Crippen molar-refractivity contribution in [1.82, 2.24) is 12.9 Å². The van der Waals surface area contributed by atoms with Crippen molar-refractivity contribution < 1.29 is 12.8 Å². The minimum atomic E-state index is -3.75. The predicted molar refractivity (Wildman–Crippen MR) is 116 cm³/mol. The van der Waals surface area contributed by atoms with Gasteiger partial charge in [0.15, 0.2) is 5.69 Å². The van der Waals surface area contributed by atoms with E-state index in [1.165, 1.54) is 41.1 Å². The first-order valence-corrected chi connectivity index (χ1v) is 11.8. The van der Waals surface area contributed by atoms with Crippen molar-refractivity contribution in [2.75, 3.05) is 14.1 Å². The quantitative estimate of drug-likeness (QED) is 0.347. The van der Waals surface area contributed by atoms with E-state index in [-0.39, 0.29) is 15.6 Å². The van der Waals surface area contributed by atoms with Gasteiger partial charge in [0, 0.05) is 5.56 Å². The molecule has 0 saturated carbocycles. The van der Waals surface area contributed by atoms with Crippen LogP contribution >= 0.6 is 32.9 Å². The Kier molecular flexibility index (Phi) is 6.42. The van der Waals surface area contributed by atoms with Gasteiger partial charge in [-0.05, 0) is 62.6 Å². The van der Waals surface area contributed by atoms with E-state index >= 15 is 0 Å². The molecule has 0 N–H and O–H groups in total. The van der Waals surface area contributed by atoms with E-state index in [1.54, 1.807) is 29.3 Å². The van der Waals surface area contributed by atoms with Crippen LogP contribution in [0.25, 0.3) is 16.9 Å². The molecule has 0 aliphatic heterocycles. The second kappa shape index (κ2) is 8.66. The topological polar surface area (TPSA) is 91.3 Å². The Hall–Kier alpha value is -2.20. The lowest BCUT2D eigenvalue weighted by molar-refractivity contribution is 0.599. The maximum absolute atomic E-state index is 13.3. The third kappa shape index (κ3) is 4.69. The van der Waals surface area contributed by atoms with Crippen LogP contribution in [0.3, 0.4) is 0 Å². The first-order chi connectivity index (χ1) is 13.7. The van der Waals surface area contributed by atoms with Crippen molar-refractivity contribution in [3.8, 4) is 23.0 Å². The fourth-order valence-electron chi connectivity index (χ4n) is 2.42. The van der Waals surface area contributed by atoms with Crippen molar-refractivity contribution in [2.24, 2.45) is 2.55 Å². The molecule has 0 aliphatic carbocycles. The molecule has 1 heterocycles. The minimum absolute atomic E-state index is 0.00780. The number of sulfonamides is 1. The number of nitrogens with zero attached hydrogens (tertiary/aromatic N) is 5. The molecule has 29 heavy (non-hydrogen) atoms. The van der Waals surface area contributed by atoms with E-state index < -0.39 is 37.1 Å². The lowest BCUT2D eigenvalue weighted by Crippen LogP contribution is -2.02. The van der Waals surface area contributed by atoms with Gasteiger partial charge in [-0.15, -0.1) is 2.55 Å². The van der Waals surface area contributed by atoms with Gasteiger partial charge in [-0.3, -0.25) is 0 Å². The Morgan fingerprint density at radius 1 is 1.17 bits per heavy atom. The first kappa shape index (κ1) is 21.5. The van der Waals surface area contributed by atoms with Gasteiger partial charge in [0.25, 0.3) is 10.0 Å². The lowest BCUT2D eigenvalue weighted by atomic mass is 10.1. The first-order valence-electron chi connectivity index (χ1n) is 8.07. The van der Waals surface area contributed by atoms with E-state index in [1.807, 2.05) is 6.07 Å². The molecule has 0 fully saturated rings. The Morgan fingerprint density at radius 3 is 2.34 bits per heavy atom. The van der Waals surface area contributed by atoms with Crippen molar-refractivity contribution in [3.63, 3.8) is 0 Å². The highest BCUT2D eigenvalue weighted by Crippen LogP contribution is 2.33. The van der Waals surface area contributed by atoms with Crippen LogP contribution in [0.15, 0.2) is 56.0 Å². The summed E-state index contributed by atoms with van der Waals surface area (Å²) in [5.74, 6) is -0.407. The molecule has 0 atom stereocenters. The molecule has 0 amide bonds. The number of halogens is 3. The molecule has 1 aromatic heterocycles. The number of hydrogen-bond acceptors (Lipinski definition) is 4. The summed E-state index contributed by atoms with van der Waals surface area (Å²) in [6.45, 7) is 0. The summed E-state index contributed by atoms with van der Waals surface area (Å²) in [6, 6.07) is 13.5. The van der Waals surface area contributed by atoms with Crippen LogP contribution in [-0.4, -0.2) is 35.4 Å². The highest BCUT2D eigenvalue weighted by atomic mass is 127. The largest absolute Gasteiger partial charge is 0.287 e. The molecular weight excluding hydrogens is 532 g/mol. The van der Waals surface area contributed by atoms with Crippen LogP contribution in [-0.2, 0) is 10.0 Å². The highest BCUT2D eigenvalue weighted by Gasteiger charge is 2.20. The Bertz CT molecular complexity index is 1220. The fraction of sp³-hybridized carbons (Fsp3) is 0.111. The predicted octanol–water partition coefficient (Wildman–Crippen LogP) is 4.52. The van der Waals surface area contributed by atoms with Crippen LogP contribution in [0.5, 0.6) is 0 Å². The zero-order valence-corrected chi connectivity index (χ0v) is 18.9. The molecule has 3 rings (SSSR count). The molecule has 7 nitrogen and oxygen atoms in total. The number of aromatic nitrogens is 2. The average molecular weight is 546 g/mol. The lowest BCUT2D eigenvalue weighted by Gasteiger charge is -2.09. The van der Waals surface area contributed by atoms with Gasteiger partial charge >= 0.3 is 0 Å². The molecular formula is C18H14ClFIN5O2S. The maximum Gasteiger partial charge on any atom is 0.287 e. The van der Waals surface area contributed by atoms with Crippen LogP contribution in [0, 0.1) is 17.1 Å². The number of nitriles is 1. The third-order valence-corrected chi connectivity index (χ3v) is 8.12. The SMILES string of the molecule is CN(C)I=NS(=O)(=O)c1ccc(-n2nc(C#N)c(Cl)c2-c2ccc(F)cc2)cc1. The Morgan fingerprint density at radius 2 is 1.79 bits per heavy atom. The van der Waals surface area contributed by atoms with E-state index in [0.717, 1.165) is 0 Å². The fourth-order valence-corrected chi connectivity index (χ4v) is 5.88. The van der Waals surface area contributed by atoms with Gasteiger partial charge in [-0.2, -0.15) is 18.8 Å². The molecule has 0 unspecified atom stereocenters. The maximum atomic E-state index is 13.3. The summed E-state index contributed by atoms with van der Waals surface area (Å²) >= 11 is 5.34. The van der Waals surface area contributed by atoms with Gasteiger partial charge in [-0.25, -0.2) is 12.2 Å². The zero-order valence-electron chi connectivity index (χ0n) is 15.2. The second-order valence-electron chi connectivity index (χ2n) is 5.94. The van der Waals surface area contributed by atoms with E-state index in [9.17, 15) is 18.1 Å². The number of rotatable bonds is 5. The second-order valence-corrected chi connectivity index (χ2v) is 11.4. The summed E-state index contributed by atoms with van der Waals surface area (Å²) in [7, 11) is -0.217. The number of benzene rings is 2. The Labute approximate surface area is 182 Å². The van der Waals surface area contributed by atoms with Gasteiger partial charge in [-0.1, -0.05) is 11.6 Å². The van der Waals surface area contributed by atoms with Crippen molar-refractivity contribution in [1.29, 1.82) is 5.26 Å². The minimum Gasteiger partial charge on any atom is -0.243 e. The summed E-state index contributed by atoms with van der Waals surface area (Å²) in [6.07, 6.45) is 0. The molecule has 0 radical (unpaired) electrons. The Balaban J connectivity index is 2.08. The normalized spacial score (nSPS) is 12.1. The summed E-state index contributed by atoms with van der Waals surface area (Å²) < 4.78 is 44.9. The average Bonchev–Trinajstić information content (AvgIpc) is 3.03. The molecule has 0 saturated heterocycles. The van der Waals surface area contributed by atoms with Crippen molar-refractivity contribution >= 4 is 42.9 Å². The van der Waals surface area contributed by atoms with Crippen LogP contribution in [0.1, 0.15) is 5.69 Å². The van der Waals surface area contributed by atoms with Gasteiger partial charge in [0.1, 0.15) is 38.2 Å². The zero-order chi connectivity index (χ0) is 21.2. The standard InChI is InChI=1S/C18H14ClFIN5O2S/c1-25(2)21-24-29(27,28)15-9-7-14(8-10-15)26-18(17(19)16(11-22)23-26)12-3-5-13(20)6-4-12/h3-10H,1-2H3. The molecule has 0 spiro atoms. The van der Waals surface area contributed by atoms with Crippen LogP contribution in [0.2, 0.25) is 5.02 Å². The smallest absolute Gasteiger partial charge is 0.243 e.